The fourth-order valence-electron chi connectivity index (χ4n) is 0.909. The second-order valence-corrected chi connectivity index (χ2v) is 3.34. The number of rotatable bonds is 2. The van der Waals surface area contributed by atoms with Crippen LogP contribution in [-0.2, 0) is 0 Å². The highest BCUT2D eigenvalue weighted by atomic mass is 79.9. The third kappa shape index (κ3) is 2.46. The van der Waals surface area contributed by atoms with E-state index in [0.29, 0.717) is 10.2 Å². The first-order valence-corrected chi connectivity index (χ1v) is 4.39. The quantitative estimate of drug-likeness (QED) is 0.753. The number of benzene rings is 1. The number of carbonyl (C=O) groups excluding carboxylic acids is 1. The second-order valence-electron chi connectivity index (χ2n) is 2.49. The lowest BCUT2D eigenvalue weighted by Gasteiger charge is -2.04. The van der Waals surface area contributed by atoms with Crippen LogP contribution in [0.25, 0.3) is 0 Å². The number of carboxylic acid groups (broad SMARTS) is 1. The summed E-state index contributed by atoms with van der Waals surface area (Å²) in [7, 11) is 0. The van der Waals surface area contributed by atoms with E-state index in [0.717, 1.165) is 0 Å². The minimum absolute atomic E-state index is 0.0660. The number of nitrogens with two attached hydrogens (primary N) is 1. The van der Waals surface area contributed by atoms with E-state index in [-0.39, 0.29) is 5.56 Å². The van der Waals surface area contributed by atoms with E-state index in [9.17, 15) is 9.59 Å². The molecule has 0 aromatic heterocycles. The molecular weight excluding hydrogens is 252 g/mol. The maximum Gasteiger partial charge on any atom is 0.336 e. The Morgan fingerprint density at radius 1 is 1.43 bits per heavy atom. The second kappa shape index (κ2) is 4.10. The molecule has 6 heteroatoms. The van der Waals surface area contributed by atoms with Crippen molar-refractivity contribution in [1.82, 2.24) is 0 Å². The molecule has 74 valence electrons. The van der Waals surface area contributed by atoms with Crippen LogP contribution in [0, 0.1) is 0 Å². The SMILES string of the molecule is NC(=O)Nc1ccc(Br)c(C(=O)O)c1. The molecule has 0 unspecified atom stereocenters. The van der Waals surface area contributed by atoms with Crippen LogP contribution in [0.4, 0.5) is 10.5 Å². The summed E-state index contributed by atoms with van der Waals surface area (Å²) in [6, 6.07) is 3.65. The minimum Gasteiger partial charge on any atom is -0.478 e. The predicted molar refractivity (Wildman–Crippen MR) is 54.3 cm³/mol. The van der Waals surface area contributed by atoms with Crippen LogP contribution in [-0.4, -0.2) is 17.1 Å². The Bertz CT molecular complexity index is 392. The largest absolute Gasteiger partial charge is 0.478 e. The Morgan fingerprint density at radius 3 is 2.57 bits per heavy atom. The molecule has 0 aliphatic heterocycles. The van der Waals surface area contributed by atoms with Crippen molar-refractivity contribution >= 4 is 33.6 Å². The van der Waals surface area contributed by atoms with Crippen molar-refractivity contribution < 1.29 is 14.7 Å². The molecule has 0 heterocycles. The molecule has 0 aliphatic carbocycles. The molecule has 0 aliphatic rings. The first-order valence-electron chi connectivity index (χ1n) is 3.60. The van der Waals surface area contributed by atoms with Crippen molar-refractivity contribution in [3.8, 4) is 0 Å². The standard InChI is InChI=1S/C8H7BrN2O3/c9-6-2-1-4(11-8(10)14)3-5(6)7(12)13/h1-3H,(H,12,13)(H3,10,11,14). The van der Waals surface area contributed by atoms with Crippen LogP contribution in [0.1, 0.15) is 10.4 Å². The molecule has 0 bridgehead atoms. The number of primary amides is 1. The van der Waals surface area contributed by atoms with Crippen LogP contribution in [0.15, 0.2) is 22.7 Å². The van der Waals surface area contributed by atoms with Gasteiger partial charge in [0.05, 0.1) is 5.56 Å². The molecular formula is C8H7BrN2O3. The Kier molecular flexibility index (Phi) is 3.08. The van der Waals surface area contributed by atoms with Gasteiger partial charge in [-0.05, 0) is 34.1 Å². The summed E-state index contributed by atoms with van der Waals surface area (Å²) in [6.07, 6.45) is 0. The van der Waals surface area contributed by atoms with Gasteiger partial charge < -0.3 is 16.2 Å². The monoisotopic (exact) mass is 258 g/mol. The Hall–Kier alpha value is -1.56. The number of urea groups is 1. The number of carbonyl (C=O) groups is 2. The summed E-state index contributed by atoms with van der Waals surface area (Å²) in [5.41, 5.74) is 5.29. The van der Waals surface area contributed by atoms with E-state index in [4.69, 9.17) is 10.8 Å². The normalized spacial score (nSPS) is 9.50. The van der Waals surface area contributed by atoms with Gasteiger partial charge >= 0.3 is 12.0 Å². The number of nitrogens with one attached hydrogen (secondary N) is 1. The van der Waals surface area contributed by atoms with Crippen molar-refractivity contribution in [2.45, 2.75) is 0 Å². The molecule has 0 saturated carbocycles. The molecule has 1 aromatic carbocycles. The van der Waals surface area contributed by atoms with Gasteiger partial charge in [0.2, 0.25) is 0 Å². The lowest BCUT2D eigenvalue weighted by molar-refractivity contribution is 0.0696. The van der Waals surface area contributed by atoms with Gasteiger partial charge in [0.25, 0.3) is 0 Å². The van der Waals surface area contributed by atoms with Crippen molar-refractivity contribution in [3.05, 3.63) is 28.2 Å². The molecule has 1 rings (SSSR count). The molecule has 2 amide bonds. The number of hydrogen-bond donors (Lipinski definition) is 3. The number of aromatic carboxylic acids is 1. The molecule has 0 atom stereocenters. The Labute approximate surface area is 88.0 Å². The predicted octanol–water partition coefficient (Wildman–Crippen LogP) is 1.64. The van der Waals surface area contributed by atoms with Gasteiger partial charge in [0.15, 0.2) is 0 Å². The van der Waals surface area contributed by atoms with Crippen LogP contribution in [0.5, 0.6) is 0 Å². The van der Waals surface area contributed by atoms with Crippen molar-refractivity contribution in [1.29, 1.82) is 0 Å². The third-order valence-electron chi connectivity index (χ3n) is 1.46. The van der Waals surface area contributed by atoms with Gasteiger partial charge in [-0.15, -0.1) is 0 Å². The lowest BCUT2D eigenvalue weighted by atomic mass is 10.2. The number of anilines is 1. The summed E-state index contributed by atoms with van der Waals surface area (Å²) in [5, 5.41) is 11.0. The highest BCUT2D eigenvalue weighted by Crippen LogP contribution is 2.20. The fourth-order valence-corrected chi connectivity index (χ4v) is 1.33. The van der Waals surface area contributed by atoms with E-state index >= 15 is 0 Å². The highest BCUT2D eigenvalue weighted by Gasteiger charge is 2.09. The average molecular weight is 259 g/mol. The molecule has 0 saturated heterocycles. The zero-order valence-corrected chi connectivity index (χ0v) is 8.54. The molecule has 1 aromatic rings. The van der Waals surface area contributed by atoms with Gasteiger partial charge in [0, 0.05) is 10.2 Å². The summed E-state index contributed by atoms with van der Waals surface area (Å²) in [4.78, 5) is 21.2. The Balaban J connectivity index is 3.06. The zero-order chi connectivity index (χ0) is 10.7. The van der Waals surface area contributed by atoms with Gasteiger partial charge in [0.1, 0.15) is 0 Å². The molecule has 0 spiro atoms. The molecule has 14 heavy (non-hydrogen) atoms. The van der Waals surface area contributed by atoms with Gasteiger partial charge in [-0.2, -0.15) is 0 Å². The van der Waals surface area contributed by atoms with E-state index < -0.39 is 12.0 Å². The molecule has 0 fully saturated rings. The first kappa shape index (κ1) is 10.5. The van der Waals surface area contributed by atoms with E-state index in [1.165, 1.54) is 12.1 Å². The van der Waals surface area contributed by atoms with E-state index in [1.807, 2.05) is 0 Å². The van der Waals surface area contributed by atoms with Crippen molar-refractivity contribution in [3.63, 3.8) is 0 Å². The average Bonchev–Trinajstić information content (AvgIpc) is 2.07. The molecule has 0 radical (unpaired) electrons. The maximum absolute atomic E-state index is 10.7. The fraction of sp³-hybridized carbons (Fsp3) is 0. The number of hydrogen-bond acceptors (Lipinski definition) is 2. The smallest absolute Gasteiger partial charge is 0.336 e. The highest BCUT2D eigenvalue weighted by molar-refractivity contribution is 9.10. The molecule has 4 N–H and O–H groups in total. The Morgan fingerprint density at radius 2 is 2.07 bits per heavy atom. The maximum atomic E-state index is 10.7. The van der Waals surface area contributed by atoms with Gasteiger partial charge in [-0.3, -0.25) is 0 Å². The first-order chi connectivity index (χ1) is 6.50. The number of carboxylic acids is 1. The van der Waals surface area contributed by atoms with Crippen molar-refractivity contribution in [2.24, 2.45) is 5.73 Å². The summed E-state index contributed by atoms with van der Waals surface area (Å²) in [6.45, 7) is 0. The number of halogens is 1. The number of amides is 2. The molecule has 5 nitrogen and oxygen atoms in total. The zero-order valence-electron chi connectivity index (χ0n) is 6.95. The minimum atomic E-state index is -1.08. The van der Waals surface area contributed by atoms with Crippen LogP contribution < -0.4 is 11.1 Å². The van der Waals surface area contributed by atoms with E-state index in [2.05, 4.69) is 21.2 Å². The summed E-state index contributed by atoms with van der Waals surface area (Å²) in [5.74, 6) is -1.08. The van der Waals surface area contributed by atoms with E-state index in [1.54, 1.807) is 6.07 Å². The third-order valence-corrected chi connectivity index (χ3v) is 2.16. The summed E-state index contributed by atoms with van der Waals surface area (Å²) < 4.78 is 0.444. The van der Waals surface area contributed by atoms with Gasteiger partial charge in [-0.1, -0.05) is 0 Å². The lowest BCUT2D eigenvalue weighted by Crippen LogP contribution is -2.19. The van der Waals surface area contributed by atoms with Crippen LogP contribution >= 0.6 is 15.9 Å². The topological polar surface area (TPSA) is 92.4 Å². The van der Waals surface area contributed by atoms with Crippen LogP contribution in [0.2, 0.25) is 0 Å². The van der Waals surface area contributed by atoms with Crippen molar-refractivity contribution in [2.75, 3.05) is 5.32 Å². The summed E-state index contributed by atoms with van der Waals surface area (Å²) >= 11 is 3.07. The van der Waals surface area contributed by atoms with Gasteiger partial charge in [-0.25, -0.2) is 9.59 Å². The van der Waals surface area contributed by atoms with Crippen LogP contribution in [0.3, 0.4) is 0 Å².